The molecule has 0 aliphatic rings. The average Bonchev–Trinajstić information content (AvgIpc) is 3.39. The van der Waals surface area contributed by atoms with Crippen molar-refractivity contribution in [2.75, 3.05) is 0 Å². The maximum Gasteiger partial charge on any atom is 0.269 e. The Labute approximate surface area is 183 Å². The van der Waals surface area contributed by atoms with Crippen molar-refractivity contribution >= 4 is 56.9 Å². The molecule has 6 nitrogen and oxygen atoms in total. The third kappa shape index (κ3) is 4.14. The van der Waals surface area contributed by atoms with E-state index in [1.807, 2.05) is 44.4 Å². The topological polar surface area (TPSA) is 73.4 Å². The highest BCUT2D eigenvalue weighted by atomic mass is 32.1. The molecule has 0 aromatic carbocycles. The van der Waals surface area contributed by atoms with E-state index in [2.05, 4.69) is 4.98 Å². The maximum atomic E-state index is 13.2. The van der Waals surface area contributed by atoms with Crippen LogP contribution < -0.4 is 20.3 Å². The fraction of sp³-hybridized carbons (Fsp3) is 0.238. The predicted octanol–water partition coefficient (Wildman–Crippen LogP) is 2.31. The standard InChI is InChI=1S/C21H19N3O3S3/c1-21(2,3)16(25)11-18-24(19(27)15(30-18)10-14-5-4-7-28-14)12-13-9-17(26)23-6-8-29-20(23)22-13/h4-11H,12H2,1-3H3/b15-10-,18-11-. The van der Waals surface area contributed by atoms with Crippen molar-refractivity contribution in [1.82, 2.24) is 14.0 Å². The molecule has 4 rings (SSSR count). The second kappa shape index (κ2) is 7.90. The zero-order valence-electron chi connectivity index (χ0n) is 16.6. The smallest absolute Gasteiger partial charge is 0.269 e. The Morgan fingerprint density at radius 3 is 2.70 bits per heavy atom. The molecule has 0 aliphatic carbocycles. The Bertz CT molecular complexity index is 1460. The third-order valence-electron chi connectivity index (χ3n) is 4.42. The number of thiazole rings is 2. The molecule has 0 bridgehead atoms. The molecule has 0 spiro atoms. The van der Waals surface area contributed by atoms with Gasteiger partial charge in [0.25, 0.3) is 11.1 Å². The first kappa shape index (κ1) is 20.6. The normalized spacial score (nSPS) is 13.4. The first-order valence-corrected chi connectivity index (χ1v) is 11.8. The van der Waals surface area contributed by atoms with Gasteiger partial charge in [-0.3, -0.25) is 23.4 Å². The summed E-state index contributed by atoms with van der Waals surface area (Å²) in [7, 11) is 0. The molecule has 0 N–H and O–H groups in total. The van der Waals surface area contributed by atoms with Crippen LogP contribution in [0.1, 0.15) is 31.3 Å². The first-order chi connectivity index (χ1) is 14.2. The summed E-state index contributed by atoms with van der Waals surface area (Å²) in [5.74, 6) is -0.0677. The Kier molecular flexibility index (Phi) is 5.44. The van der Waals surface area contributed by atoms with Crippen molar-refractivity contribution in [3.63, 3.8) is 0 Å². The molecule has 4 aromatic heterocycles. The van der Waals surface area contributed by atoms with E-state index in [4.69, 9.17) is 0 Å². The molecule has 154 valence electrons. The second-order valence-electron chi connectivity index (χ2n) is 7.76. The highest BCUT2D eigenvalue weighted by Gasteiger charge is 2.20. The predicted molar refractivity (Wildman–Crippen MR) is 123 cm³/mol. The number of Topliss-reactive ketones (excluding diaryl/α,β-unsaturated/α-hetero) is 1. The number of nitrogens with zero attached hydrogens (tertiary/aromatic N) is 3. The van der Waals surface area contributed by atoms with Gasteiger partial charge in [0, 0.05) is 34.0 Å². The molecule has 0 fully saturated rings. The molecular formula is C21H19N3O3S3. The van der Waals surface area contributed by atoms with Crippen molar-refractivity contribution in [3.8, 4) is 0 Å². The summed E-state index contributed by atoms with van der Waals surface area (Å²) in [6, 6.07) is 5.29. The maximum absolute atomic E-state index is 13.2. The van der Waals surface area contributed by atoms with Crippen LogP contribution in [0.15, 0.2) is 44.7 Å². The summed E-state index contributed by atoms with van der Waals surface area (Å²) < 4.78 is 4.09. The monoisotopic (exact) mass is 457 g/mol. The Morgan fingerprint density at radius 1 is 1.20 bits per heavy atom. The van der Waals surface area contributed by atoms with Crippen LogP contribution in [0.2, 0.25) is 0 Å². The zero-order valence-corrected chi connectivity index (χ0v) is 19.1. The third-order valence-corrected chi connectivity index (χ3v) is 7.06. The number of carbonyl (C=O) groups excluding carboxylic acids is 1. The SMILES string of the molecule is CC(C)(C)C(=O)/C=c1\s/c(=C\c2cccs2)c(=O)n1Cc1cc(=O)n2ccsc2n1. The minimum absolute atomic E-state index is 0.0677. The van der Waals surface area contributed by atoms with Gasteiger partial charge in [-0.05, 0) is 17.5 Å². The number of ketones is 1. The molecule has 0 atom stereocenters. The van der Waals surface area contributed by atoms with Gasteiger partial charge in [-0.25, -0.2) is 4.98 Å². The highest BCUT2D eigenvalue weighted by molar-refractivity contribution is 7.15. The molecule has 9 heteroatoms. The van der Waals surface area contributed by atoms with Gasteiger partial charge in [0.2, 0.25) is 0 Å². The van der Waals surface area contributed by atoms with Crippen molar-refractivity contribution in [3.05, 3.63) is 75.6 Å². The molecule has 0 saturated heterocycles. The molecule has 0 amide bonds. The van der Waals surface area contributed by atoms with Gasteiger partial charge >= 0.3 is 0 Å². The fourth-order valence-corrected chi connectivity index (χ4v) is 5.26. The van der Waals surface area contributed by atoms with E-state index in [0.717, 1.165) is 4.88 Å². The molecule has 0 unspecified atom stereocenters. The number of aromatic nitrogens is 3. The van der Waals surface area contributed by atoms with Crippen LogP contribution in [0.25, 0.3) is 17.1 Å². The summed E-state index contributed by atoms with van der Waals surface area (Å²) in [4.78, 5) is 44.2. The molecule has 4 heterocycles. The average molecular weight is 458 g/mol. The van der Waals surface area contributed by atoms with Gasteiger partial charge in [0.05, 0.1) is 16.8 Å². The number of rotatable bonds is 4. The lowest BCUT2D eigenvalue weighted by Gasteiger charge is -2.12. The number of thiophene rings is 1. The van der Waals surface area contributed by atoms with Crippen molar-refractivity contribution in [2.24, 2.45) is 5.41 Å². The zero-order chi connectivity index (χ0) is 21.5. The summed E-state index contributed by atoms with van der Waals surface area (Å²) in [5, 5.41) is 3.74. The van der Waals surface area contributed by atoms with Gasteiger partial charge in [-0.2, -0.15) is 0 Å². The van der Waals surface area contributed by atoms with Crippen LogP contribution in [0.3, 0.4) is 0 Å². The molecule has 0 saturated carbocycles. The van der Waals surface area contributed by atoms with E-state index in [0.29, 0.717) is 19.8 Å². The van der Waals surface area contributed by atoms with Crippen molar-refractivity contribution in [2.45, 2.75) is 27.3 Å². The largest absolute Gasteiger partial charge is 0.294 e. The Morgan fingerprint density at radius 2 is 2.00 bits per heavy atom. The van der Waals surface area contributed by atoms with E-state index in [1.165, 1.54) is 55.1 Å². The van der Waals surface area contributed by atoms with E-state index in [9.17, 15) is 14.4 Å². The van der Waals surface area contributed by atoms with Crippen molar-refractivity contribution in [1.29, 1.82) is 0 Å². The number of fused-ring (bicyclic) bond motifs is 1. The second-order valence-corrected chi connectivity index (χ2v) is 10.7. The van der Waals surface area contributed by atoms with E-state index in [-0.39, 0.29) is 23.4 Å². The molecule has 0 aliphatic heterocycles. The highest BCUT2D eigenvalue weighted by Crippen LogP contribution is 2.15. The quantitative estimate of drug-likeness (QED) is 0.471. The minimum Gasteiger partial charge on any atom is -0.294 e. The molecule has 0 radical (unpaired) electrons. The summed E-state index contributed by atoms with van der Waals surface area (Å²) >= 11 is 4.17. The van der Waals surface area contributed by atoms with E-state index in [1.54, 1.807) is 11.6 Å². The lowest BCUT2D eigenvalue weighted by atomic mass is 9.91. The lowest BCUT2D eigenvalue weighted by Crippen LogP contribution is -2.33. The van der Waals surface area contributed by atoms with Gasteiger partial charge in [0.15, 0.2) is 10.7 Å². The van der Waals surface area contributed by atoms with Crippen LogP contribution in [0.5, 0.6) is 0 Å². The lowest BCUT2D eigenvalue weighted by molar-refractivity contribution is -0.120. The van der Waals surface area contributed by atoms with E-state index < -0.39 is 5.41 Å². The summed E-state index contributed by atoms with van der Waals surface area (Å²) in [6.07, 6.45) is 5.03. The molecule has 30 heavy (non-hydrogen) atoms. The van der Waals surface area contributed by atoms with Gasteiger partial charge < -0.3 is 0 Å². The minimum atomic E-state index is -0.560. The van der Waals surface area contributed by atoms with Crippen molar-refractivity contribution < 1.29 is 4.79 Å². The van der Waals surface area contributed by atoms with Crippen LogP contribution >= 0.6 is 34.0 Å². The molecular weight excluding hydrogens is 438 g/mol. The van der Waals surface area contributed by atoms with Gasteiger partial charge in [-0.15, -0.1) is 34.0 Å². The van der Waals surface area contributed by atoms with Crippen LogP contribution in [-0.2, 0) is 11.3 Å². The van der Waals surface area contributed by atoms with Crippen LogP contribution in [0.4, 0.5) is 0 Å². The summed E-state index contributed by atoms with van der Waals surface area (Å²) in [6.45, 7) is 5.65. The Balaban J connectivity index is 1.89. The van der Waals surface area contributed by atoms with Crippen LogP contribution in [0, 0.1) is 5.41 Å². The van der Waals surface area contributed by atoms with Gasteiger partial charge in [-0.1, -0.05) is 26.8 Å². The fourth-order valence-electron chi connectivity index (χ4n) is 2.75. The van der Waals surface area contributed by atoms with Crippen LogP contribution in [-0.4, -0.2) is 19.7 Å². The summed E-state index contributed by atoms with van der Waals surface area (Å²) in [5.41, 5.74) is -0.464. The Hall–Kier alpha value is -2.62. The van der Waals surface area contributed by atoms with Gasteiger partial charge in [0.1, 0.15) is 4.66 Å². The number of hydrogen-bond donors (Lipinski definition) is 0. The molecule has 4 aromatic rings. The number of hydrogen-bond acceptors (Lipinski definition) is 7. The first-order valence-electron chi connectivity index (χ1n) is 9.19. The van der Waals surface area contributed by atoms with E-state index >= 15 is 0 Å². The number of carbonyl (C=O) groups is 1.